The van der Waals surface area contributed by atoms with Gasteiger partial charge < -0.3 is 10.1 Å². The molecule has 0 aliphatic carbocycles. The van der Waals surface area contributed by atoms with E-state index >= 15 is 0 Å². The minimum Gasteiger partial charge on any atom is -0.377 e. The highest BCUT2D eigenvalue weighted by Gasteiger charge is 2.15. The standard InChI is InChI=1S/C17H24FNOS/c1-4-19-10-16-13(11-20-9-8-12(2)3)17-14(18)6-5-7-15(17)21-16/h5-7,12,19H,4,8-11H2,1-3H3. The van der Waals surface area contributed by atoms with Crippen molar-refractivity contribution in [3.8, 4) is 0 Å². The van der Waals surface area contributed by atoms with E-state index in [9.17, 15) is 4.39 Å². The Kier molecular flexibility index (Phi) is 6.15. The molecular weight excluding hydrogens is 285 g/mol. The Morgan fingerprint density at radius 2 is 2.14 bits per heavy atom. The maximum absolute atomic E-state index is 14.2. The smallest absolute Gasteiger partial charge is 0.132 e. The largest absolute Gasteiger partial charge is 0.377 e. The van der Waals surface area contributed by atoms with E-state index in [0.717, 1.165) is 41.8 Å². The second-order valence-electron chi connectivity index (χ2n) is 5.63. The number of fused-ring (bicyclic) bond motifs is 1. The third-order valence-corrected chi connectivity index (χ3v) is 4.67. The molecule has 1 aromatic carbocycles. The second-order valence-corrected chi connectivity index (χ2v) is 6.77. The average Bonchev–Trinajstić information content (AvgIpc) is 2.80. The minimum absolute atomic E-state index is 0.144. The molecule has 0 saturated carbocycles. The first-order valence-electron chi connectivity index (χ1n) is 7.60. The fraction of sp³-hybridized carbons (Fsp3) is 0.529. The summed E-state index contributed by atoms with van der Waals surface area (Å²) in [4.78, 5) is 1.18. The van der Waals surface area contributed by atoms with Crippen molar-refractivity contribution in [3.63, 3.8) is 0 Å². The lowest BCUT2D eigenvalue weighted by molar-refractivity contribution is 0.111. The van der Waals surface area contributed by atoms with Crippen LogP contribution in [0.25, 0.3) is 10.1 Å². The summed E-state index contributed by atoms with van der Waals surface area (Å²) in [5.41, 5.74) is 1.01. The predicted molar refractivity (Wildman–Crippen MR) is 88.3 cm³/mol. The van der Waals surface area contributed by atoms with Crippen LogP contribution >= 0.6 is 11.3 Å². The van der Waals surface area contributed by atoms with Crippen molar-refractivity contribution < 1.29 is 9.13 Å². The van der Waals surface area contributed by atoms with Gasteiger partial charge in [0.1, 0.15) is 5.82 Å². The van der Waals surface area contributed by atoms with Crippen LogP contribution in [-0.2, 0) is 17.9 Å². The first-order valence-corrected chi connectivity index (χ1v) is 8.42. The summed E-state index contributed by atoms with van der Waals surface area (Å²) < 4.78 is 20.9. The highest BCUT2D eigenvalue weighted by atomic mass is 32.1. The maximum atomic E-state index is 14.2. The molecule has 4 heteroatoms. The predicted octanol–water partition coefficient (Wildman–Crippen LogP) is 4.71. The lowest BCUT2D eigenvalue weighted by Crippen LogP contribution is -2.12. The number of ether oxygens (including phenoxy) is 1. The molecule has 0 spiro atoms. The Hall–Kier alpha value is -0.970. The molecule has 0 unspecified atom stereocenters. The van der Waals surface area contributed by atoms with Crippen LogP contribution in [0.4, 0.5) is 4.39 Å². The van der Waals surface area contributed by atoms with Gasteiger partial charge in [0.15, 0.2) is 0 Å². The van der Waals surface area contributed by atoms with E-state index in [1.165, 1.54) is 10.9 Å². The van der Waals surface area contributed by atoms with Crippen LogP contribution in [0, 0.1) is 11.7 Å². The monoisotopic (exact) mass is 309 g/mol. The van der Waals surface area contributed by atoms with Crippen molar-refractivity contribution in [2.45, 2.75) is 40.3 Å². The number of nitrogens with one attached hydrogen (secondary N) is 1. The third-order valence-electron chi connectivity index (χ3n) is 3.47. The summed E-state index contributed by atoms with van der Waals surface area (Å²) >= 11 is 1.66. The number of hydrogen-bond acceptors (Lipinski definition) is 3. The molecule has 0 fully saturated rings. The molecule has 0 saturated heterocycles. The highest BCUT2D eigenvalue weighted by Crippen LogP contribution is 2.33. The first-order chi connectivity index (χ1) is 10.1. The van der Waals surface area contributed by atoms with Gasteiger partial charge in [0, 0.05) is 33.7 Å². The fourth-order valence-corrected chi connectivity index (χ4v) is 3.44. The minimum atomic E-state index is -0.144. The Balaban J connectivity index is 2.20. The van der Waals surface area contributed by atoms with Gasteiger partial charge in [0.25, 0.3) is 0 Å². The molecule has 0 aliphatic heterocycles. The van der Waals surface area contributed by atoms with Gasteiger partial charge in [-0.05, 0) is 31.0 Å². The molecule has 0 amide bonds. The maximum Gasteiger partial charge on any atom is 0.132 e. The molecule has 0 bridgehead atoms. The molecule has 1 heterocycles. The molecule has 1 aromatic heterocycles. The van der Waals surface area contributed by atoms with Gasteiger partial charge in [-0.1, -0.05) is 26.8 Å². The zero-order chi connectivity index (χ0) is 15.2. The lowest BCUT2D eigenvalue weighted by Gasteiger charge is -2.09. The fourth-order valence-electron chi connectivity index (χ4n) is 2.24. The molecule has 21 heavy (non-hydrogen) atoms. The topological polar surface area (TPSA) is 21.3 Å². The normalized spacial score (nSPS) is 11.7. The van der Waals surface area contributed by atoms with Crippen LogP contribution in [0.2, 0.25) is 0 Å². The van der Waals surface area contributed by atoms with E-state index < -0.39 is 0 Å². The van der Waals surface area contributed by atoms with Crippen LogP contribution in [0.3, 0.4) is 0 Å². The van der Waals surface area contributed by atoms with Crippen molar-refractivity contribution >= 4 is 21.4 Å². The summed E-state index contributed by atoms with van der Waals surface area (Å²) in [5, 5.41) is 4.06. The summed E-state index contributed by atoms with van der Waals surface area (Å²) in [6.45, 7) is 9.34. The first kappa shape index (κ1) is 16.4. The van der Waals surface area contributed by atoms with Crippen molar-refractivity contribution in [3.05, 3.63) is 34.5 Å². The Bertz CT molecular complexity index is 579. The molecule has 116 valence electrons. The zero-order valence-corrected chi connectivity index (χ0v) is 13.9. The van der Waals surface area contributed by atoms with E-state index in [1.807, 2.05) is 6.07 Å². The van der Waals surface area contributed by atoms with Gasteiger partial charge in [0.2, 0.25) is 0 Å². The number of hydrogen-bond donors (Lipinski definition) is 1. The van der Waals surface area contributed by atoms with E-state index in [2.05, 4.69) is 26.1 Å². The van der Waals surface area contributed by atoms with Crippen LogP contribution in [0.15, 0.2) is 18.2 Å². The SMILES string of the molecule is CCNCc1sc2cccc(F)c2c1COCCC(C)C. The van der Waals surface area contributed by atoms with E-state index in [1.54, 1.807) is 17.4 Å². The number of halogens is 1. The van der Waals surface area contributed by atoms with Crippen LogP contribution in [0.1, 0.15) is 37.6 Å². The quantitative estimate of drug-likeness (QED) is 0.713. The molecule has 2 nitrogen and oxygen atoms in total. The zero-order valence-electron chi connectivity index (χ0n) is 13.0. The van der Waals surface area contributed by atoms with Crippen LogP contribution in [0.5, 0.6) is 0 Å². The number of thiophene rings is 1. The van der Waals surface area contributed by atoms with Gasteiger partial charge in [-0.15, -0.1) is 11.3 Å². The van der Waals surface area contributed by atoms with Crippen LogP contribution in [-0.4, -0.2) is 13.2 Å². The summed E-state index contributed by atoms with van der Waals surface area (Å²) in [5.74, 6) is 0.483. The molecule has 0 atom stereocenters. The number of rotatable bonds is 8. The van der Waals surface area contributed by atoms with Crippen molar-refractivity contribution in [2.75, 3.05) is 13.2 Å². The van der Waals surface area contributed by atoms with Gasteiger partial charge in [-0.25, -0.2) is 4.39 Å². The Labute approximate surface area is 130 Å². The average molecular weight is 309 g/mol. The van der Waals surface area contributed by atoms with Crippen molar-refractivity contribution in [1.82, 2.24) is 5.32 Å². The highest BCUT2D eigenvalue weighted by molar-refractivity contribution is 7.19. The molecule has 1 N–H and O–H groups in total. The summed E-state index contributed by atoms with van der Waals surface area (Å²) in [6.07, 6.45) is 1.03. The van der Waals surface area contributed by atoms with Crippen molar-refractivity contribution in [2.24, 2.45) is 5.92 Å². The molecule has 2 aromatic rings. The molecule has 2 rings (SSSR count). The van der Waals surface area contributed by atoms with E-state index in [4.69, 9.17) is 4.74 Å². The Morgan fingerprint density at radius 3 is 2.86 bits per heavy atom. The van der Waals surface area contributed by atoms with E-state index in [0.29, 0.717) is 12.5 Å². The molecule has 0 radical (unpaired) electrons. The Morgan fingerprint density at radius 1 is 1.33 bits per heavy atom. The van der Waals surface area contributed by atoms with Gasteiger partial charge in [-0.3, -0.25) is 0 Å². The summed E-state index contributed by atoms with van der Waals surface area (Å²) in [7, 11) is 0. The third kappa shape index (κ3) is 4.25. The second kappa shape index (κ2) is 7.87. The summed E-state index contributed by atoms with van der Waals surface area (Å²) in [6, 6.07) is 5.29. The molecular formula is C17H24FNOS. The van der Waals surface area contributed by atoms with Crippen molar-refractivity contribution in [1.29, 1.82) is 0 Å². The van der Waals surface area contributed by atoms with E-state index in [-0.39, 0.29) is 5.82 Å². The number of benzene rings is 1. The van der Waals surface area contributed by atoms with Gasteiger partial charge >= 0.3 is 0 Å². The van der Waals surface area contributed by atoms with Gasteiger partial charge in [-0.2, -0.15) is 0 Å². The van der Waals surface area contributed by atoms with Gasteiger partial charge in [0.05, 0.1) is 6.61 Å². The lowest BCUT2D eigenvalue weighted by atomic mass is 10.1. The van der Waals surface area contributed by atoms with Crippen LogP contribution < -0.4 is 5.32 Å². The molecule has 0 aliphatic rings.